The van der Waals surface area contributed by atoms with Crippen LogP contribution < -0.4 is 4.74 Å². The third-order valence-electron chi connectivity index (χ3n) is 5.98. The number of carbonyl (C=O) groups is 2. The Kier molecular flexibility index (Phi) is 6.76. The van der Waals surface area contributed by atoms with E-state index in [1.54, 1.807) is 17.0 Å². The Morgan fingerprint density at radius 2 is 2.00 bits per heavy atom. The number of fused-ring (bicyclic) bond motifs is 1. The molecule has 3 aromatic rings. The topological polar surface area (TPSA) is 104 Å². The second kappa shape index (κ2) is 9.62. The summed E-state index contributed by atoms with van der Waals surface area (Å²) in [7, 11) is 0. The minimum atomic E-state index is -1.06. The minimum Gasteiger partial charge on any atom is -0.481 e. The molecule has 35 heavy (non-hydrogen) atoms. The van der Waals surface area contributed by atoms with Gasteiger partial charge in [0.25, 0.3) is 0 Å². The van der Waals surface area contributed by atoms with Gasteiger partial charge in [-0.05, 0) is 41.5 Å². The number of nitrogens with one attached hydrogen (secondary N) is 1. The standard InChI is InChI=1S/C27H29N3O4S/c1-5-18-9-8-16-13-30(26(28)24(16)29-18)14-21(31)17-11-19(22-7-6-10-35-22)25(34-15-23(32)33)20(12-17)27(2,3)4/h6-12,28H,5,13-15H2,1-4H3,(H,32,33). The molecule has 1 aromatic carbocycles. The van der Waals surface area contributed by atoms with Crippen molar-refractivity contribution >= 4 is 28.9 Å². The smallest absolute Gasteiger partial charge is 0.341 e. The zero-order chi connectivity index (χ0) is 25.3. The van der Waals surface area contributed by atoms with Crippen LogP contribution in [0.2, 0.25) is 0 Å². The van der Waals surface area contributed by atoms with Gasteiger partial charge >= 0.3 is 5.97 Å². The van der Waals surface area contributed by atoms with Gasteiger partial charge in [0.05, 0.1) is 6.54 Å². The molecule has 0 radical (unpaired) electrons. The van der Waals surface area contributed by atoms with Crippen molar-refractivity contribution in [3.63, 3.8) is 0 Å². The second-order valence-corrected chi connectivity index (χ2v) is 10.5. The summed E-state index contributed by atoms with van der Waals surface area (Å²) in [6, 6.07) is 11.4. The lowest BCUT2D eigenvalue weighted by Crippen LogP contribution is -2.30. The lowest BCUT2D eigenvalue weighted by atomic mass is 9.83. The maximum absolute atomic E-state index is 13.5. The number of aryl methyl sites for hydroxylation is 1. The van der Waals surface area contributed by atoms with E-state index in [0.29, 0.717) is 29.1 Å². The third kappa shape index (κ3) is 5.12. The van der Waals surface area contributed by atoms with E-state index in [9.17, 15) is 14.7 Å². The van der Waals surface area contributed by atoms with Crippen molar-refractivity contribution in [3.05, 3.63) is 69.9 Å². The van der Waals surface area contributed by atoms with Crippen molar-refractivity contribution in [1.82, 2.24) is 9.88 Å². The number of thiophene rings is 1. The summed E-state index contributed by atoms with van der Waals surface area (Å²) in [4.78, 5) is 32.0. The van der Waals surface area contributed by atoms with Gasteiger partial charge in [0, 0.05) is 39.4 Å². The molecule has 1 aliphatic heterocycles. The number of carbonyl (C=O) groups excluding carboxylic acids is 1. The Bertz CT molecular complexity index is 1290. The molecule has 3 heterocycles. The van der Waals surface area contributed by atoms with Gasteiger partial charge in [0.2, 0.25) is 0 Å². The molecule has 7 nitrogen and oxygen atoms in total. The first-order chi connectivity index (χ1) is 16.6. The number of ether oxygens (including phenoxy) is 1. The summed E-state index contributed by atoms with van der Waals surface area (Å²) in [5.41, 5.74) is 4.10. The van der Waals surface area contributed by atoms with Gasteiger partial charge in [-0.3, -0.25) is 10.2 Å². The molecule has 2 N–H and O–H groups in total. The average Bonchev–Trinajstić information content (AvgIpc) is 3.45. The van der Waals surface area contributed by atoms with Gasteiger partial charge in [-0.25, -0.2) is 9.78 Å². The number of pyridine rings is 1. The van der Waals surface area contributed by atoms with E-state index in [4.69, 9.17) is 10.1 Å². The van der Waals surface area contributed by atoms with Crippen LogP contribution in [0.1, 0.15) is 60.6 Å². The average molecular weight is 492 g/mol. The van der Waals surface area contributed by atoms with Crippen LogP contribution in [-0.2, 0) is 23.2 Å². The summed E-state index contributed by atoms with van der Waals surface area (Å²) < 4.78 is 5.77. The normalized spacial score (nSPS) is 13.1. The first-order valence-electron chi connectivity index (χ1n) is 11.5. The number of carboxylic acids is 1. The number of rotatable bonds is 8. The number of aromatic nitrogens is 1. The fraction of sp³-hybridized carbons (Fsp3) is 0.333. The van der Waals surface area contributed by atoms with E-state index >= 15 is 0 Å². The summed E-state index contributed by atoms with van der Waals surface area (Å²) in [5, 5.41) is 19.7. The Morgan fingerprint density at radius 3 is 2.63 bits per heavy atom. The maximum atomic E-state index is 13.5. The SMILES string of the molecule is CCc1ccc2c(n1)C(=N)N(CC(=O)c1cc(-c3cccs3)c(OCC(=O)O)c(C(C)(C)C)c1)C2. The lowest BCUT2D eigenvalue weighted by molar-refractivity contribution is -0.139. The highest BCUT2D eigenvalue weighted by Gasteiger charge is 2.30. The highest BCUT2D eigenvalue weighted by molar-refractivity contribution is 7.13. The number of aliphatic carboxylic acids is 1. The van der Waals surface area contributed by atoms with Crippen molar-refractivity contribution < 1.29 is 19.4 Å². The number of ketones is 1. The fourth-order valence-electron chi connectivity index (χ4n) is 4.14. The van der Waals surface area contributed by atoms with E-state index in [1.165, 1.54) is 11.3 Å². The van der Waals surface area contributed by atoms with E-state index in [0.717, 1.165) is 28.1 Å². The highest BCUT2D eigenvalue weighted by Crippen LogP contribution is 2.42. The third-order valence-corrected chi connectivity index (χ3v) is 6.88. The van der Waals surface area contributed by atoms with Crippen molar-refractivity contribution in [2.75, 3.05) is 13.2 Å². The van der Waals surface area contributed by atoms with E-state index in [-0.39, 0.29) is 18.2 Å². The van der Waals surface area contributed by atoms with Crippen LogP contribution in [0, 0.1) is 5.41 Å². The molecule has 0 amide bonds. The van der Waals surface area contributed by atoms with Crippen LogP contribution in [-0.4, -0.2) is 45.7 Å². The molecule has 0 saturated heterocycles. The second-order valence-electron chi connectivity index (χ2n) is 9.60. The van der Waals surface area contributed by atoms with E-state index in [1.807, 2.05) is 57.3 Å². The molecule has 182 valence electrons. The zero-order valence-electron chi connectivity index (χ0n) is 20.3. The molecule has 2 aromatic heterocycles. The zero-order valence-corrected chi connectivity index (χ0v) is 21.2. The van der Waals surface area contributed by atoms with E-state index < -0.39 is 18.0 Å². The van der Waals surface area contributed by atoms with Crippen molar-refractivity contribution in [2.45, 2.75) is 46.1 Å². The number of Topliss-reactive ketones (excluding diaryl/α,β-unsaturated/α-hetero) is 1. The van der Waals surface area contributed by atoms with Crippen molar-refractivity contribution in [2.24, 2.45) is 0 Å². The number of hydrogen-bond acceptors (Lipinski definition) is 6. The van der Waals surface area contributed by atoms with Crippen LogP contribution in [0.5, 0.6) is 5.75 Å². The van der Waals surface area contributed by atoms with Crippen LogP contribution in [0.4, 0.5) is 0 Å². The molecular formula is C27H29N3O4S. The minimum absolute atomic E-state index is 0.0550. The van der Waals surface area contributed by atoms with Crippen LogP contribution in [0.15, 0.2) is 41.8 Å². The summed E-state index contributed by atoms with van der Waals surface area (Å²) in [6.07, 6.45) is 0.789. The van der Waals surface area contributed by atoms with Gasteiger partial charge in [-0.15, -0.1) is 11.3 Å². The number of hydrogen-bond donors (Lipinski definition) is 2. The van der Waals surface area contributed by atoms with Crippen molar-refractivity contribution in [3.8, 4) is 16.2 Å². The Hall–Kier alpha value is -3.52. The molecule has 0 fully saturated rings. The first kappa shape index (κ1) is 24.6. The summed E-state index contributed by atoms with van der Waals surface area (Å²) in [5.74, 6) is -0.434. The van der Waals surface area contributed by atoms with Gasteiger partial charge in [-0.2, -0.15) is 0 Å². The summed E-state index contributed by atoms with van der Waals surface area (Å²) in [6.45, 7) is 8.10. The quantitative estimate of drug-likeness (QED) is 0.422. The molecule has 0 spiro atoms. The predicted octanol–water partition coefficient (Wildman–Crippen LogP) is 5.16. The number of carboxylic acid groups (broad SMARTS) is 1. The van der Waals surface area contributed by atoms with Gasteiger partial charge in [-0.1, -0.05) is 39.8 Å². The molecule has 1 aliphatic rings. The fourth-order valence-corrected chi connectivity index (χ4v) is 4.88. The Morgan fingerprint density at radius 1 is 1.23 bits per heavy atom. The summed E-state index contributed by atoms with van der Waals surface area (Å²) >= 11 is 1.50. The van der Waals surface area contributed by atoms with Crippen LogP contribution in [0.3, 0.4) is 0 Å². The lowest BCUT2D eigenvalue weighted by Gasteiger charge is -2.26. The van der Waals surface area contributed by atoms with Crippen LogP contribution >= 0.6 is 11.3 Å². The molecule has 0 aliphatic carbocycles. The molecular weight excluding hydrogens is 462 g/mol. The number of amidine groups is 1. The van der Waals surface area contributed by atoms with Gasteiger partial charge < -0.3 is 14.7 Å². The molecule has 0 atom stereocenters. The van der Waals surface area contributed by atoms with E-state index in [2.05, 4.69) is 4.98 Å². The number of benzene rings is 1. The molecule has 4 rings (SSSR count). The highest BCUT2D eigenvalue weighted by atomic mass is 32.1. The molecule has 0 bridgehead atoms. The van der Waals surface area contributed by atoms with Crippen molar-refractivity contribution in [1.29, 1.82) is 5.41 Å². The predicted molar refractivity (Wildman–Crippen MR) is 137 cm³/mol. The first-order valence-corrected chi connectivity index (χ1v) is 12.4. The van der Waals surface area contributed by atoms with Gasteiger partial charge in [0.15, 0.2) is 12.4 Å². The number of nitrogens with zero attached hydrogens (tertiary/aromatic N) is 2. The molecule has 8 heteroatoms. The van der Waals surface area contributed by atoms with Gasteiger partial charge in [0.1, 0.15) is 17.3 Å². The van der Waals surface area contributed by atoms with Crippen LogP contribution in [0.25, 0.3) is 10.4 Å². The maximum Gasteiger partial charge on any atom is 0.341 e. The Balaban J connectivity index is 1.70. The Labute approximate surface area is 208 Å². The monoisotopic (exact) mass is 491 g/mol. The largest absolute Gasteiger partial charge is 0.481 e. The molecule has 0 saturated carbocycles. The molecule has 0 unspecified atom stereocenters.